The highest BCUT2D eigenvalue weighted by molar-refractivity contribution is 7.13. The van der Waals surface area contributed by atoms with Crippen molar-refractivity contribution in [2.75, 3.05) is 7.11 Å². The number of oxazole rings is 1. The topological polar surface area (TPSA) is 81.8 Å². The van der Waals surface area contributed by atoms with E-state index in [1.165, 1.54) is 36.8 Å². The molecule has 118 valence electrons. The summed E-state index contributed by atoms with van der Waals surface area (Å²) in [5.74, 6) is 0.0917. The van der Waals surface area contributed by atoms with E-state index in [1.54, 1.807) is 6.07 Å². The number of esters is 1. The van der Waals surface area contributed by atoms with Gasteiger partial charge in [-0.3, -0.25) is 0 Å². The lowest BCUT2D eigenvalue weighted by Gasteiger charge is -2.06. The number of aromatic hydroxyl groups is 1. The number of thiophene rings is 1. The summed E-state index contributed by atoms with van der Waals surface area (Å²) in [6.45, 7) is -0.0425. The number of carbonyl (C=O) groups is 1. The van der Waals surface area contributed by atoms with E-state index in [1.807, 2.05) is 17.5 Å². The van der Waals surface area contributed by atoms with Gasteiger partial charge < -0.3 is 19.0 Å². The van der Waals surface area contributed by atoms with Crippen LogP contribution in [0.1, 0.15) is 16.1 Å². The summed E-state index contributed by atoms with van der Waals surface area (Å²) in [4.78, 5) is 17.1. The number of nitrogens with zero attached hydrogens (tertiary/aromatic N) is 1. The fraction of sp³-hybridized carbons (Fsp3) is 0.125. The Labute approximate surface area is 135 Å². The predicted molar refractivity (Wildman–Crippen MR) is 83.6 cm³/mol. The monoisotopic (exact) mass is 331 g/mol. The first-order chi connectivity index (χ1) is 11.2. The summed E-state index contributed by atoms with van der Waals surface area (Å²) >= 11 is 1.51. The second-order valence-corrected chi connectivity index (χ2v) is 5.53. The minimum atomic E-state index is -0.647. The summed E-state index contributed by atoms with van der Waals surface area (Å²) in [5, 5.41) is 11.7. The maximum atomic E-state index is 12.0. The molecule has 0 saturated heterocycles. The van der Waals surface area contributed by atoms with Gasteiger partial charge in [-0.15, -0.1) is 11.3 Å². The van der Waals surface area contributed by atoms with Gasteiger partial charge in [0.25, 0.3) is 0 Å². The van der Waals surface area contributed by atoms with Crippen molar-refractivity contribution in [3.05, 3.63) is 53.2 Å². The van der Waals surface area contributed by atoms with Crippen molar-refractivity contribution in [3.8, 4) is 22.3 Å². The highest BCUT2D eigenvalue weighted by Gasteiger charge is 2.15. The van der Waals surface area contributed by atoms with E-state index in [-0.39, 0.29) is 17.9 Å². The third-order valence-corrected chi connectivity index (χ3v) is 3.92. The molecular formula is C16H13NO5S. The van der Waals surface area contributed by atoms with Crippen LogP contribution < -0.4 is 4.74 Å². The van der Waals surface area contributed by atoms with Crippen LogP contribution in [0.2, 0.25) is 0 Å². The Balaban J connectivity index is 1.65. The van der Waals surface area contributed by atoms with Gasteiger partial charge in [0.1, 0.15) is 35.6 Å². The molecule has 6 nitrogen and oxygen atoms in total. The largest absolute Gasteiger partial charge is 0.507 e. The lowest BCUT2D eigenvalue weighted by atomic mass is 10.2. The molecule has 0 aliphatic rings. The van der Waals surface area contributed by atoms with Crippen LogP contribution in [0, 0.1) is 0 Å². The Bertz CT molecular complexity index is 810. The standard InChI is InChI=1S/C16H13NO5S/c1-20-11-4-5-12(13(18)7-11)16(19)22-9-10-8-21-15(17-10)14-3-2-6-23-14/h2-8,18H,9H2,1H3. The van der Waals surface area contributed by atoms with Crippen LogP contribution >= 0.6 is 11.3 Å². The number of hydrogen-bond donors (Lipinski definition) is 1. The Kier molecular flexibility index (Phi) is 4.29. The third-order valence-electron chi connectivity index (χ3n) is 3.06. The zero-order valence-corrected chi connectivity index (χ0v) is 13.0. The molecule has 0 bridgehead atoms. The molecule has 1 N–H and O–H groups in total. The second-order valence-electron chi connectivity index (χ2n) is 4.58. The molecule has 23 heavy (non-hydrogen) atoms. The molecule has 0 saturated carbocycles. The van der Waals surface area contributed by atoms with Crippen LogP contribution in [0.5, 0.6) is 11.5 Å². The first-order valence-electron chi connectivity index (χ1n) is 6.70. The van der Waals surface area contributed by atoms with Gasteiger partial charge in [-0.2, -0.15) is 0 Å². The van der Waals surface area contributed by atoms with Crippen molar-refractivity contribution >= 4 is 17.3 Å². The van der Waals surface area contributed by atoms with Gasteiger partial charge >= 0.3 is 5.97 Å². The number of phenolic OH excluding ortho intramolecular Hbond substituents is 1. The summed E-state index contributed by atoms with van der Waals surface area (Å²) < 4.78 is 15.4. The van der Waals surface area contributed by atoms with Gasteiger partial charge in [-0.25, -0.2) is 9.78 Å². The fourth-order valence-electron chi connectivity index (χ4n) is 1.91. The highest BCUT2D eigenvalue weighted by Crippen LogP contribution is 2.25. The van der Waals surface area contributed by atoms with Crippen molar-refractivity contribution in [2.45, 2.75) is 6.61 Å². The molecule has 0 aliphatic carbocycles. The van der Waals surface area contributed by atoms with Gasteiger partial charge in [0.15, 0.2) is 0 Å². The van der Waals surface area contributed by atoms with E-state index in [9.17, 15) is 9.90 Å². The average molecular weight is 331 g/mol. The zero-order chi connectivity index (χ0) is 16.2. The van der Waals surface area contributed by atoms with Crippen LogP contribution in [0.15, 0.2) is 46.4 Å². The number of aromatic nitrogens is 1. The molecule has 0 spiro atoms. The molecule has 0 unspecified atom stereocenters. The molecule has 0 amide bonds. The maximum absolute atomic E-state index is 12.0. The van der Waals surface area contributed by atoms with Gasteiger partial charge in [-0.1, -0.05) is 6.07 Å². The summed E-state index contributed by atoms with van der Waals surface area (Å²) in [7, 11) is 1.47. The predicted octanol–water partition coefficient (Wildman–Crippen LogP) is 3.47. The van der Waals surface area contributed by atoms with Crippen LogP contribution in [0.25, 0.3) is 10.8 Å². The minimum Gasteiger partial charge on any atom is -0.507 e. The molecule has 0 fully saturated rings. The molecular weight excluding hydrogens is 318 g/mol. The minimum absolute atomic E-state index is 0.0425. The van der Waals surface area contributed by atoms with Gasteiger partial charge in [0.05, 0.1) is 12.0 Å². The van der Waals surface area contributed by atoms with Crippen molar-refractivity contribution in [2.24, 2.45) is 0 Å². The fourth-order valence-corrected chi connectivity index (χ4v) is 2.57. The number of carbonyl (C=O) groups excluding carboxylic acids is 1. The highest BCUT2D eigenvalue weighted by atomic mass is 32.1. The van der Waals surface area contributed by atoms with E-state index < -0.39 is 5.97 Å². The molecule has 0 aliphatic heterocycles. The molecule has 0 atom stereocenters. The lowest BCUT2D eigenvalue weighted by molar-refractivity contribution is 0.0464. The molecule has 3 aromatic rings. The number of phenols is 1. The smallest absolute Gasteiger partial charge is 0.342 e. The Morgan fingerprint density at radius 3 is 2.96 bits per heavy atom. The zero-order valence-electron chi connectivity index (χ0n) is 12.2. The maximum Gasteiger partial charge on any atom is 0.342 e. The van der Waals surface area contributed by atoms with Crippen LogP contribution in [-0.2, 0) is 11.3 Å². The Morgan fingerprint density at radius 1 is 1.39 bits per heavy atom. The second kappa shape index (κ2) is 6.53. The molecule has 2 aromatic heterocycles. The molecule has 3 rings (SSSR count). The van der Waals surface area contributed by atoms with Crippen molar-refractivity contribution in [1.29, 1.82) is 0 Å². The van der Waals surface area contributed by atoms with Gasteiger partial charge in [0, 0.05) is 6.07 Å². The number of benzene rings is 1. The normalized spacial score (nSPS) is 10.5. The van der Waals surface area contributed by atoms with Crippen molar-refractivity contribution in [3.63, 3.8) is 0 Å². The number of ether oxygens (including phenoxy) is 2. The van der Waals surface area contributed by atoms with Gasteiger partial charge in [-0.05, 0) is 23.6 Å². The Hall–Kier alpha value is -2.80. The van der Waals surface area contributed by atoms with E-state index in [0.717, 1.165) is 4.88 Å². The quantitative estimate of drug-likeness (QED) is 0.721. The molecule has 0 radical (unpaired) electrons. The van der Waals surface area contributed by atoms with E-state index in [4.69, 9.17) is 13.9 Å². The molecule has 7 heteroatoms. The van der Waals surface area contributed by atoms with Crippen LogP contribution in [0.3, 0.4) is 0 Å². The third kappa shape index (κ3) is 3.35. The first kappa shape index (κ1) is 15.1. The van der Waals surface area contributed by atoms with Crippen LogP contribution in [-0.4, -0.2) is 23.2 Å². The number of hydrogen-bond acceptors (Lipinski definition) is 7. The molecule has 2 heterocycles. The summed E-state index contributed by atoms with van der Waals surface area (Å²) in [6.07, 6.45) is 1.44. The SMILES string of the molecule is COc1ccc(C(=O)OCc2coc(-c3cccs3)n2)c(O)c1. The van der Waals surface area contributed by atoms with Crippen molar-refractivity contribution < 1.29 is 23.8 Å². The number of methoxy groups -OCH3 is 1. The molecule has 1 aromatic carbocycles. The van der Waals surface area contributed by atoms with Crippen molar-refractivity contribution in [1.82, 2.24) is 4.98 Å². The van der Waals surface area contributed by atoms with Crippen LogP contribution in [0.4, 0.5) is 0 Å². The first-order valence-corrected chi connectivity index (χ1v) is 7.58. The van der Waals surface area contributed by atoms with E-state index >= 15 is 0 Å². The number of rotatable bonds is 5. The van der Waals surface area contributed by atoms with Gasteiger partial charge in [0.2, 0.25) is 5.89 Å². The van der Waals surface area contributed by atoms with E-state index in [2.05, 4.69) is 4.98 Å². The summed E-state index contributed by atoms with van der Waals surface area (Å²) in [5.41, 5.74) is 0.558. The summed E-state index contributed by atoms with van der Waals surface area (Å²) in [6, 6.07) is 8.15. The average Bonchev–Trinajstić information content (AvgIpc) is 3.23. The Morgan fingerprint density at radius 2 is 2.26 bits per heavy atom. The lowest BCUT2D eigenvalue weighted by Crippen LogP contribution is -2.06. The van der Waals surface area contributed by atoms with E-state index in [0.29, 0.717) is 17.3 Å².